The van der Waals surface area contributed by atoms with Crippen LogP contribution in [0, 0.1) is 5.92 Å². The van der Waals surface area contributed by atoms with Crippen LogP contribution in [0.15, 0.2) is 17.5 Å². The van der Waals surface area contributed by atoms with Crippen molar-refractivity contribution in [2.75, 3.05) is 13.1 Å². The lowest BCUT2D eigenvalue weighted by atomic mass is 10.1. The van der Waals surface area contributed by atoms with Crippen molar-refractivity contribution in [1.82, 2.24) is 10.2 Å². The maximum absolute atomic E-state index is 11.8. The van der Waals surface area contributed by atoms with Crippen LogP contribution in [0.3, 0.4) is 0 Å². The first-order valence-electron chi connectivity index (χ1n) is 6.81. The van der Waals surface area contributed by atoms with E-state index in [1.165, 1.54) is 0 Å². The summed E-state index contributed by atoms with van der Waals surface area (Å²) in [6, 6.07) is 4.42. The summed E-state index contributed by atoms with van der Waals surface area (Å²) in [5, 5.41) is 4.93. The number of thiophene rings is 1. The van der Waals surface area contributed by atoms with Gasteiger partial charge in [-0.3, -0.25) is 9.59 Å². The fourth-order valence-corrected chi connectivity index (χ4v) is 3.28. The molecule has 1 aliphatic heterocycles. The third-order valence-electron chi connectivity index (χ3n) is 3.73. The lowest BCUT2D eigenvalue weighted by molar-refractivity contribution is -0.128. The highest BCUT2D eigenvalue weighted by Gasteiger charge is 2.39. The van der Waals surface area contributed by atoms with Crippen LogP contribution in [0.2, 0.25) is 0 Å². The number of hydrogen-bond donors (Lipinski definition) is 1. The van der Waals surface area contributed by atoms with E-state index in [1.54, 1.807) is 11.3 Å². The molecule has 2 amide bonds. The minimum atomic E-state index is 0.0553. The molecule has 3 rings (SSSR count). The molecular formula is C14H18N2O2S. The first-order chi connectivity index (χ1) is 9.22. The molecule has 19 heavy (non-hydrogen) atoms. The Morgan fingerprint density at radius 3 is 3.00 bits per heavy atom. The molecule has 1 saturated heterocycles. The van der Waals surface area contributed by atoms with Gasteiger partial charge in [-0.2, -0.15) is 0 Å². The van der Waals surface area contributed by atoms with Crippen LogP contribution in [-0.2, 0) is 16.0 Å². The van der Waals surface area contributed by atoms with Gasteiger partial charge in [0.1, 0.15) is 0 Å². The van der Waals surface area contributed by atoms with Crippen molar-refractivity contribution in [2.24, 2.45) is 5.92 Å². The van der Waals surface area contributed by atoms with Gasteiger partial charge in [-0.25, -0.2) is 0 Å². The Kier molecular flexibility index (Phi) is 3.55. The predicted octanol–water partition coefficient (Wildman–Crippen LogP) is 1.42. The second-order valence-corrected chi connectivity index (χ2v) is 6.44. The Morgan fingerprint density at radius 1 is 1.47 bits per heavy atom. The average Bonchev–Trinajstić information content (AvgIpc) is 2.97. The normalized spacial score (nSPS) is 22.8. The van der Waals surface area contributed by atoms with Crippen molar-refractivity contribution in [1.29, 1.82) is 0 Å². The van der Waals surface area contributed by atoms with Crippen LogP contribution in [0.25, 0.3) is 0 Å². The van der Waals surface area contributed by atoms with Crippen LogP contribution >= 0.6 is 11.3 Å². The highest BCUT2D eigenvalue weighted by atomic mass is 32.1. The van der Waals surface area contributed by atoms with E-state index >= 15 is 0 Å². The average molecular weight is 278 g/mol. The monoisotopic (exact) mass is 278 g/mol. The number of amides is 2. The van der Waals surface area contributed by atoms with E-state index in [9.17, 15) is 9.59 Å². The maximum Gasteiger partial charge on any atom is 0.225 e. The largest absolute Gasteiger partial charge is 0.355 e. The van der Waals surface area contributed by atoms with Crippen LogP contribution in [0.5, 0.6) is 0 Å². The van der Waals surface area contributed by atoms with Crippen molar-refractivity contribution in [3.8, 4) is 0 Å². The lowest BCUT2D eigenvalue weighted by Crippen LogP contribution is -2.32. The van der Waals surface area contributed by atoms with Gasteiger partial charge in [-0.1, -0.05) is 6.07 Å². The van der Waals surface area contributed by atoms with Crippen molar-refractivity contribution in [2.45, 2.75) is 31.7 Å². The van der Waals surface area contributed by atoms with E-state index < -0.39 is 0 Å². The van der Waals surface area contributed by atoms with Crippen molar-refractivity contribution in [3.63, 3.8) is 0 Å². The summed E-state index contributed by atoms with van der Waals surface area (Å²) in [5.74, 6) is 0.611. The van der Waals surface area contributed by atoms with Gasteiger partial charge in [0.15, 0.2) is 0 Å². The summed E-state index contributed by atoms with van der Waals surface area (Å²) in [6.07, 6.45) is 3.35. The molecule has 1 N–H and O–H groups in total. The van der Waals surface area contributed by atoms with Gasteiger partial charge >= 0.3 is 0 Å². The molecule has 2 heterocycles. The molecule has 2 fully saturated rings. The molecule has 1 unspecified atom stereocenters. The third kappa shape index (κ3) is 3.15. The fraction of sp³-hybridized carbons (Fsp3) is 0.571. The van der Waals surface area contributed by atoms with E-state index in [4.69, 9.17) is 0 Å². The summed E-state index contributed by atoms with van der Waals surface area (Å²) >= 11 is 1.60. The van der Waals surface area contributed by atoms with Crippen molar-refractivity contribution < 1.29 is 9.59 Å². The van der Waals surface area contributed by atoms with E-state index in [-0.39, 0.29) is 11.8 Å². The third-order valence-corrected chi connectivity index (χ3v) is 4.61. The topological polar surface area (TPSA) is 49.4 Å². The van der Waals surface area contributed by atoms with Crippen LogP contribution in [0.4, 0.5) is 0 Å². The second-order valence-electron chi connectivity index (χ2n) is 5.41. The second kappa shape index (κ2) is 5.33. The van der Waals surface area contributed by atoms with Gasteiger partial charge in [0, 0.05) is 36.3 Å². The first-order valence-corrected chi connectivity index (χ1v) is 7.69. The molecule has 0 aromatic carbocycles. The molecule has 1 atom stereocenters. The Labute approximate surface area is 116 Å². The zero-order chi connectivity index (χ0) is 13.2. The van der Waals surface area contributed by atoms with Gasteiger partial charge in [0.2, 0.25) is 11.8 Å². The number of rotatable bonds is 5. The highest BCUT2D eigenvalue weighted by Crippen LogP contribution is 2.32. The summed E-state index contributed by atoms with van der Waals surface area (Å²) in [6.45, 7) is 1.45. The fourth-order valence-electron chi connectivity index (χ4n) is 2.58. The zero-order valence-corrected chi connectivity index (χ0v) is 11.6. The molecule has 1 aliphatic carbocycles. The quantitative estimate of drug-likeness (QED) is 0.885. The molecular weight excluding hydrogens is 260 g/mol. The molecule has 102 valence electrons. The highest BCUT2D eigenvalue weighted by molar-refractivity contribution is 7.10. The predicted molar refractivity (Wildman–Crippen MR) is 73.9 cm³/mol. The molecule has 5 heteroatoms. The van der Waals surface area contributed by atoms with Gasteiger partial charge in [-0.15, -0.1) is 11.3 Å². The van der Waals surface area contributed by atoms with E-state index in [0.29, 0.717) is 31.3 Å². The number of carbonyl (C=O) groups excluding carboxylic acids is 2. The first kappa shape index (κ1) is 12.7. The van der Waals surface area contributed by atoms with E-state index in [0.717, 1.165) is 24.3 Å². The molecule has 0 bridgehead atoms. The molecule has 0 radical (unpaired) electrons. The van der Waals surface area contributed by atoms with Gasteiger partial charge < -0.3 is 10.2 Å². The van der Waals surface area contributed by atoms with Gasteiger partial charge in [0.25, 0.3) is 0 Å². The lowest BCUT2D eigenvalue weighted by Gasteiger charge is -2.15. The van der Waals surface area contributed by atoms with E-state index in [2.05, 4.69) is 5.32 Å². The Hall–Kier alpha value is -1.36. The Balaban J connectivity index is 1.42. The molecule has 1 saturated carbocycles. The molecule has 1 aromatic heterocycles. The number of likely N-dealkylation sites (tertiary alicyclic amines) is 1. The Morgan fingerprint density at radius 2 is 2.32 bits per heavy atom. The van der Waals surface area contributed by atoms with Crippen LogP contribution in [-0.4, -0.2) is 35.8 Å². The van der Waals surface area contributed by atoms with E-state index in [1.807, 2.05) is 22.4 Å². The maximum atomic E-state index is 11.8. The van der Waals surface area contributed by atoms with Crippen molar-refractivity contribution >= 4 is 23.2 Å². The number of hydrogen-bond acceptors (Lipinski definition) is 3. The summed E-state index contributed by atoms with van der Waals surface area (Å²) in [7, 11) is 0. The number of carbonyl (C=O) groups is 2. The number of nitrogens with one attached hydrogen (secondary N) is 1. The molecule has 4 nitrogen and oxygen atoms in total. The Bertz CT molecular complexity index is 468. The molecule has 0 spiro atoms. The standard InChI is InChI=1S/C14H18N2O2S/c17-13(7-12-2-1-5-19-12)15-8-10-6-14(18)16(9-10)11-3-4-11/h1-2,5,10-11H,3-4,6-9H2,(H,15,17). The van der Waals surface area contributed by atoms with Gasteiger partial charge in [0.05, 0.1) is 6.42 Å². The van der Waals surface area contributed by atoms with Gasteiger partial charge in [-0.05, 0) is 24.3 Å². The SMILES string of the molecule is O=C(Cc1cccs1)NCC1CC(=O)N(C2CC2)C1. The zero-order valence-electron chi connectivity index (χ0n) is 10.8. The minimum absolute atomic E-state index is 0.0553. The summed E-state index contributed by atoms with van der Waals surface area (Å²) in [5.41, 5.74) is 0. The van der Waals surface area contributed by atoms with Crippen LogP contribution < -0.4 is 5.32 Å². The smallest absolute Gasteiger partial charge is 0.225 e. The molecule has 1 aromatic rings. The molecule has 2 aliphatic rings. The van der Waals surface area contributed by atoms with Crippen molar-refractivity contribution in [3.05, 3.63) is 22.4 Å². The summed E-state index contributed by atoms with van der Waals surface area (Å²) in [4.78, 5) is 26.6. The summed E-state index contributed by atoms with van der Waals surface area (Å²) < 4.78 is 0. The van der Waals surface area contributed by atoms with Crippen LogP contribution in [0.1, 0.15) is 24.1 Å². The number of nitrogens with zero attached hydrogens (tertiary/aromatic N) is 1. The minimum Gasteiger partial charge on any atom is -0.355 e.